The predicted molar refractivity (Wildman–Crippen MR) is 93.5 cm³/mol. The van der Waals surface area contributed by atoms with E-state index >= 15 is 0 Å². The molecule has 1 aliphatic heterocycles. The highest BCUT2D eigenvalue weighted by atomic mass is 32.2. The fraction of sp³-hybridized carbons (Fsp3) is 0.467. The van der Waals surface area contributed by atoms with Gasteiger partial charge in [-0.15, -0.1) is 0 Å². The summed E-state index contributed by atoms with van der Waals surface area (Å²) in [6.45, 7) is 3.11. The van der Waals surface area contributed by atoms with Crippen molar-refractivity contribution >= 4 is 37.4 Å². The number of hydrogen-bond acceptors (Lipinski definition) is 6. The van der Waals surface area contributed by atoms with Crippen molar-refractivity contribution in [3.8, 4) is 0 Å². The van der Waals surface area contributed by atoms with Gasteiger partial charge in [-0.25, -0.2) is 21.1 Å². The molecule has 1 N–H and O–H groups in total. The molecule has 10 heteroatoms. The van der Waals surface area contributed by atoms with E-state index in [0.29, 0.717) is 0 Å². The molecule has 2 amide bonds. The first-order chi connectivity index (χ1) is 11.3. The summed E-state index contributed by atoms with van der Waals surface area (Å²) < 4.78 is 47.3. The molecule has 1 fully saturated rings. The number of sulfone groups is 1. The first-order valence-corrected chi connectivity index (χ1v) is 11.1. The first kappa shape index (κ1) is 19.4. The standard InChI is InChI=1S/C15H20N2O6S2/c1-15(2)10-25(22,23)17(14(15)19)12-6-4-11(5-7-12)13(18)16-8-9-24(3,20)21/h4-7H,8-10H2,1-3H3,(H,16,18). The number of benzene rings is 1. The highest BCUT2D eigenvalue weighted by Gasteiger charge is 2.49. The summed E-state index contributed by atoms with van der Waals surface area (Å²) >= 11 is 0. The van der Waals surface area contributed by atoms with E-state index < -0.39 is 37.1 Å². The number of sulfonamides is 1. The topological polar surface area (TPSA) is 118 Å². The van der Waals surface area contributed by atoms with Crippen LogP contribution in [0.25, 0.3) is 0 Å². The molecule has 25 heavy (non-hydrogen) atoms. The molecule has 1 aromatic rings. The third-order valence-electron chi connectivity index (χ3n) is 3.71. The van der Waals surface area contributed by atoms with E-state index in [1.165, 1.54) is 24.3 Å². The zero-order valence-electron chi connectivity index (χ0n) is 14.1. The average Bonchev–Trinajstić information content (AvgIpc) is 2.61. The van der Waals surface area contributed by atoms with Crippen LogP contribution in [0.4, 0.5) is 5.69 Å². The maximum Gasteiger partial charge on any atom is 0.251 e. The summed E-state index contributed by atoms with van der Waals surface area (Å²) in [4.78, 5) is 24.3. The van der Waals surface area contributed by atoms with Crippen LogP contribution < -0.4 is 9.62 Å². The van der Waals surface area contributed by atoms with Gasteiger partial charge in [-0.1, -0.05) is 0 Å². The second-order valence-corrected chi connectivity index (χ2v) is 10.7. The Kier molecular flexibility index (Phi) is 4.97. The molecule has 0 bridgehead atoms. The van der Waals surface area contributed by atoms with E-state index in [9.17, 15) is 26.4 Å². The molecule has 1 heterocycles. The quantitative estimate of drug-likeness (QED) is 0.768. The molecule has 0 spiro atoms. The molecular weight excluding hydrogens is 368 g/mol. The molecule has 2 rings (SSSR count). The first-order valence-electron chi connectivity index (χ1n) is 7.47. The van der Waals surface area contributed by atoms with Crippen LogP contribution in [-0.2, 0) is 24.7 Å². The van der Waals surface area contributed by atoms with Gasteiger partial charge in [-0.2, -0.15) is 0 Å². The summed E-state index contributed by atoms with van der Waals surface area (Å²) in [7, 11) is -6.92. The molecule has 1 aromatic carbocycles. The number of carbonyl (C=O) groups excluding carboxylic acids is 2. The van der Waals surface area contributed by atoms with E-state index in [2.05, 4.69) is 5.32 Å². The second-order valence-electron chi connectivity index (χ2n) is 6.64. The van der Waals surface area contributed by atoms with Gasteiger partial charge in [0.1, 0.15) is 9.84 Å². The van der Waals surface area contributed by atoms with Crippen LogP contribution in [0, 0.1) is 5.41 Å². The zero-order valence-corrected chi connectivity index (χ0v) is 15.8. The predicted octanol–water partition coefficient (Wildman–Crippen LogP) is 0.164. The van der Waals surface area contributed by atoms with Crippen LogP contribution >= 0.6 is 0 Å². The van der Waals surface area contributed by atoms with Crippen LogP contribution in [0.3, 0.4) is 0 Å². The van der Waals surface area contributed by atoms with Crippen LogP contribution in [0.15, 0.2) is 24.3 Å². The van der Waals surface area contributed by atoms with Crippen molar-refractivity contribution in [3.05, 3.63) is 29.8 Å². The van der Waals surface area contributed by atoms with Crippen LogP contribution in [0.5, 0.6) is 0 Å². The lowest BCUT2D eigenvalue weighted by atomic mass is 9.95. The van der Waals surface area contributed by atoms with E-state index in [-0.39, 0.29) is 29.3 Å². The van der Waals surface area contributed by atoms with Gasteiger partial charge < -0.3 is 5.32 Å². The SMILES string of the molecule is CC1(C)CS(=O)(=O)N(c2ccc(C(=O)NCCS(C)(=O)=O)cc2)C1=O. The van der Waals surface area contributed by atoms with Crippen molar-refractivity contribution < 1.29 is 26.4 Å². The molecular formula is C15H20N2O6S2. The van der Waals surface area contributed by atoms with Gasteiger partial charge in [0.15, 0.2) is 0 Å². The Morgan fingerprint density at radius 2 is 1.80 bits per heavy atom. The van der Waals surface area contributed by atoms with E-state index in [0.717, 1.165) is 10.6 Å². The normalized spacial score (nSPS) is 19.0. The number of nitrogens with zero attached hydrogens (tertiary/aromatic N) is 1. The Morgan fingerprint density at radius 1 is 1.24 bits per heavy atom. The molecule has 1 aliphatic rings. The molecule has 0 aromatic heterocycles. The van der Waals surface area contributed by atoms with Gasteiger partial charge >= 0.3 is 0 Å². The highest BCUT2D eigenvalue weighted by Crippen LogP contribution is 2.35. The molecule has 0 radical (unpaired) electrons. The second kappa shape index (κ2) is 6.41. The molecule has 1 saturated heterocycles. The Balaban J connectivity index is 2.15. The molecule has 8 nitrogen and oxygen atoms in total. The number of nitrogens with one attached hydrogen (secondary N) is 1. The van der Waals surface area contributed by atoms with E-state index in [1.807, 2.05) is 0 Å². The minimum absolute atomic E-state index is 0.0212. The summed E-state index contributed by atoms with van der Waals surface area (Å²) in [5.41, 5.74) is -0.593. The molecule has 138 valence electrons. The van der Waals surface area contributed by atoms with Gasteiger partial charge in [0.2, 0.25) is 15.9 Å². The lowest BCUT2D eigenvalue weighted by Crippen LogP contribution is -2.33. The van der Waals surface area contributed by atoms with Crippen molar-refractivity contribution in [2.24, 2.45) is 5.41 Å². The summed E-state index contributed by atoms with van der Waals surface area (Å²) in [6.07, 6.45) is 1.07. The maximum atomic E-state index is 12.3. The number of anilines is 1. The number of amides is 2. The van der Waals surface area contributed by atoms with Crippen LogP contribution in [0.2, 0.25) is 0 Å². The van der Waals surface area contributed by atoms with Gasteiger partial charge in [0, 0.05) is 18.4 Å². The third kappa shape index (κ3) is 4.37. The molecule has 0 unspecified atom stereocenters. The van der Waals surface area contributed by atoms with Gasteiger partial charge in [0.05, 0.1) is 22.6 Å². The van der Waals surface area contributed by atoms with E-state index in [4.69, 9.17) is 0 Å². The van der Waals surface area contributed by atoms with Crippen molar-refractivity contribution in [1.29, 1.82) is 0 Å². The maximum absolute atomic E-state index is 12.3. The van der Waals surface area contributed by atoms with Gasteiger partial charge in [-0.3, -0.25) is 9.59 Å². The van der Waals surface area contributed by atoms with E-state index in [1.54, 1.807) is 13.8 Å². The lowest BCUT2D eigenvalue weighted by molar-refractivity contribution is -0.123. The Labute approximate surface area is 147 Å². The lowest BCUT2D eigenvalue weighted by Gasteiger charge is -2.17. The van der Waals surface area contributed by atoms with Crippen molar-refractivity contribution in [2.45, 2.75) is 13.8 Å². The summed E-state index contributed by atoms with van der Waals surface area (Å²) in [5, 5.41) is 2.47. The fourth-order valence-electron chi connectivity index (χ4n) is 2.46. The van der Waals surface area contributed by atoms with Crippen LogP contribution in [-0.4, -0.2) is 53.0 Å². The highest BCUT2D eigenvalue weighted by molar-refractivity contribution is 7.94. The van der Waals surface area contributed by atoms with Crippen molar-refractivity contribution in [1.82, 2.24) is 5.32 Å². The Bertz CT molecular complexity index is 902. The molecule has 0 atom stereocenters. The largest absolute Gasteiger partial charge is 0.351 e. The zero-order chi connectivity index (χ0) is 19.0. The minimum atomic E-state index is -3.74. The Morgan fingerprint density at radius 3 is 2.24 bits per heavy atom. The fourth-order valence-corrected chi connectivity index (χ4v) is 5.04. The van der Waals surface area contributed by atoms with Gasteiger partial charge in [0.25, 0.3) is 5.91 Å². The van der Waals surface area contributed by atoms with Crippen LogP contribution in [0.1, 0.15) is 24.2 Å². The van der Waals surface area contributed by atoms with Crippen molar-refractivity contribution in [3.63, 3.8) is 0 Å². The number of hydrogen-bond donors (Lipinski definition) is 1. The number of rotatable bonds is 5. The monoisotopic (exact) mass is 388 g/mol. The average molecular weight is 388 g/mol. The minimum Gasteiger partial charge on any atom is -0.351 e. The molecule has 0 aliphatic carbocycles. The summed E-state index contributed by atoms with van der Waals surface area (Å²) in [6, 6.07) is 5.53. The Hall–Kier alpha value is -1.94. The van der Waals surface area contributed by atoms with Gasteiger partial charge in [-0.05, 0) is 38.1 Å². The number of carbonyl (C=O) groups is 2. The molecule has 0 saturated carbocycles. The smallest absolute Gasteiger partial charge is 0.251 e. The third-order valence-corrected chi connectivity index (χ3v) is 6.67. The summed E-state index contributed by atoms with van der Waals surface area (Å²) in [5.74, 6) is -1.44. The van der Waals surface area contributed by atoms with Crippen molar-refractivity contribution in [2.75, 3.05) is 28.6 Å².